The van der Waals surface area contributed by atoms with E-state index >= 15 is 0 Å². The molecule has 2 aromatic rings. The van der Waals surface area contributed by atoms with Gasteiger partial charge < -0.3 is 25.0 Å². The van der Waals surface area contributed by atoms with Crippen molar-refractivity contribution in [3.05, 3.63) is 35.5 Å². The summed E-state index contributed by atoms with van der Waals surface area (Å²) in [5.41, 5.74) is 3.12. The fourth-order valence-corrected chi connectivity index (χ4v) is 3.70. The highest BCUT2D eigenvalue weighted by Gasteiger charge is 2.23. The van der Waals surface area contributed by atoms with E-state index in [1.165, 1.54) is 18.3 Å². The number of ether oxygens (including phenoxy) is 2. The molecular weight excluding hydrogens is 382 g/mol. The Morgan fingerprint density at radius 1 is 1.30 bits per heavy atom. The molecule has 0 unspecified atom stereocenters. The molecule has 164 valence electrons. The second-order valence-electron chi connectivity index (χ2n) is 7.80. The number of aryl methyl sites for hydroxylation is 1. The normalized spacial score (nSPS) is 14.2. The molecule has 8 heteroatoms. The lowest BCUT2D eigenvalue weighted by Crippen LogP contribution is -2.38. The Morgan fingerprint density at radius 3 is 2.77 bits per heavy atom. The Balaban J connectivity index is 1.57. The Labute approximate surface area is 178 Å². The van der Waals surface area contributed by atoms with E-state index in [1.807, 2.05) is 36.0 Å². The van der Waals surface area contributed by atoms with E-state index in [-0.39, 0.29) is 5.91 Å². The number of benzene rings is 1. The highest BCUT2D eigenvalue weighted by atomic mass is 16.5. The second kappa shape index (κ2) is 10.4. The predicted molar refractivity (Wildman–Crippen MR) is 118 cm³/mol. The first-order valence-electron chi connectivity index (χ1n) is 10.6. The van der Waals surface area contributed by atoms with E-state index in [1.54, 1.807) is 0 Å². The van der Waals surface area contributed by atoms with Crippen LogP contribution in [0.4, 0.5) is 11.5 Å². The summed E-state index contributed by atoms with van der Waals surface area (Å²) >= 11 is 0. The van der Waals surface area contributed by atoms with Crippen molar-refractivity contribution in [2.45, 2.75) is 33.2 Å². The Bertz CT molecular complexity index is 843. The zero-order valence-corrected chi connectivity index (χ0v) is 18.4. The van der Waals surface area contributed by atoms with Crippen molar-refractivity contribution >= 4 is 17.4 Å². The van der Waals surface area contributed by atoms with Crippen molar-refractivity contribution in [1.29, 1.82) is 0 Å². The highest BCUT2D eigenvalue weighted by molar-refractivity contribution is 5.88. The molecule has 1 aliphatic rings. The molecule has 0 atom stereocenters. The van der Waals surface area contributed by atoms with E-state index in [4.69, 9.17) is 14.6 Å². The summed E-state index contributed by atoms with van der Waals surface area (Å²) in [6.07, 6.45) is 0. The van der Waals surface area contributed by atoms with Crippen LogP contribution >= 0.6 is 0 Å². The van der Waals surface area contributed by atoms with E-state index < -0.39 is 0 Å². The van der Waals surface area contributed by atoms with Crippen LogP contribution in [0.1, 0.15) is 37.9 Å². The fraction of sp³-hybridized carbons (Fsp3) is 0.545. The molecule has 0 spiro atoms. The first kappa shape index (κ1) is 22.1. The molecule has 1 aromatic carbocycles. The third kappa shape index (κ3) is 5.73. The van der Waals surface area contributed by atoms with Gasteiger partial charge >= 0.3 is 0 Å². The summed E-state index contributed by atoms with van der Waals surface area (Å²) in [5.74, 6) is 2.18. The quantitative estimate of drug-likeness (QED) is 0.613. The average molecular weight is 416 g/mol. The van der Waals surface area contributed by atoms with Crippen LogP contribution in [0, 0.1) is 0 Å². The van der Waals surface area contributed by atoms with Crippen LogP contribution in [0.3, 0.4) is 0 Å². The summed E-state index contributed by atoms with van der Waals surface area (Å²) in [6, 6.07) is 7.43. The van der Waals surface area contributed by atoms with Gasteiger partial charge in [-0.25, -0.2) is 0 Å². The number of carbonyl (C=O) groups is 1. The summed E-state index contributed by atoms with van der Waals surface area (Å²) in [7, 11) is 2.02. The predicted octanol–water partition coefficient (Wildman–Crippen LogP) is 2.51. The third-order valence-corrected chi connectivity index (χ3v) is 5.00. The number of amides is 1. The molecule has 2 heterocycles. The minimum Gasteiger partial charge on any atom is -0.492 e. The molecule has 0 bridgehead atoms. The minimum absolute atomic E-state index is 0.0951. The van der Waals surface area contributed by atoms with Crippen LogP contribution in [0.2, 0.25) is 0 Å². The molecule has 1 aromatic heterocycles. The molecule has 30 heavy (non-hydrogen) atoms. The van der Waals surface area contributed by atoms with Gasteiger partial charge in [0.05, 0.1) is 18.9 Å². The van der Waals surface area contributed by atoms with Crippen LogP contribution in [0.25, 0.3) is 0 Å². The van der Waals surface area contributed by atoms with Crippen molar-refractivity contribution < 1.29 is 14.3 Å². The number of nitrogens with zero attached hydrogens (tertiary/aromatic N) is 3. The van der Waals surface area contributed by atoms with Crippen molar-refractivity contribution in [3.63, 3.8) is 0 Å². The highest BCUT2D eigenvalue weighted by Crippen LogP contribution is 2.29. The molecular formula is C22H33N5O3. The van der Waals surface area contributed by atoms with Crippen molar-refractivity contribution in [1.82, 2.24) is 15.1 Å². The summed E-state index contributed by atoms with van der Waals surface area (Å²) in [6.45, 7) is 11.1. The van der Waals surface area contributed by atoms with Gasteiger partial charge in [-0.3, -0.25) is 9.48 Å². The molecule has 1 saturated heterocycles. The maximum Gasteiger partial charge on any atom is 0.221 e. The van der Waals surface area contributed by atoms with Gasteiger partial charge in [0.15, 0.2) is 0 Å². The Morgan fingerprint density at radius 2 is 2.07 bits per heavy atom. The molecule has 1 aliphatic heterocycles. The van der Waals surface area contributed by atoms with Crippen LogP contribution in [-0.4, -0.2) is 55.1 Å². The van der Waals surface area contributed by atoms with Gasteiger partial charge in [0.2, 0.25) is 5.91 Å². The molecule has 0 saturated carbocycles. The van der Waals surface area contributed by atoms with Gasteiger partial charge in [-0.1, -0.05) is 19.9 Å². The summed E-state index contributed by atoms with van der Waals surface area (Å²) in [5, 5.41) is 11.1. The standard InChI is InChI=1S/C22H33N5O3/c1-16(2)21-20(22(26(4)25-21)27-9-12-29-13-10-27)15-23-8-11-30-19-7-5-6-18(14-19)24-17(3)28/h5-7,14,16,23H,8-13,15H2,1-4H3,(H,24,28). The number of rotatable bonds is 9. The molecule has 3 rings (SSSR count). The van der Waals surface area contributed by atoms with E-state index in [0.717, 1.165) is 50.0 Å². The maximum atomic E-state index is 11.2. The maximum absolute atomic E-state index is 11.2. The SMILES string of the molecule is CC(=O)Nc1cccc(OCCNCc2c(C(C)C)nn(C)c2N2CCOCC2)c1. The van der Waals surface area contributed by atoms with E-state index in [2.05, 4.69) is 29.4 Å². The number of hydrogen-bond acceptors (Lipinski definition) is 6. The van der Waals surface area contributed by atoms with Gasteiger partial charge in [0.25, 0.3) is 0 Å². The third-order valence-electron chi connectivity index (χ3n) is 5.00. The molecule has 0 aliphatic carbocycles. The summed E-state index contributed by atoms with van der Waals surface area (Å²) in [4.78, 5) is 13.6. The lowest BCUT2D eigenvalue weighted by Gasteiger charge is -2.29. The topological polar surface area (TPSA) is 80.7 Å². The molecule has 1 amide bonds. The first-order chi connectivity index (χ1) is 14.5. The van der Waals surface area contributed by atoms with Gasteiger partial charge in [0.1, 0.15) is 18.2 Å². The number of nitrogens with one attached hydrogen (secondary N) is 2. The molecule has 1 fully saturated rings. The Kier molecular flexibility index (Phi) is 7.70. The Hall–Kier alpha value is -2.58. The van der Waals surface area contributed by atoms with Gasteiger partial charge in [0, 0.05) is 57.5 Å². The average Bonchev–Trinajstić information content (AvgIpc) is 3.04. The van der Waals surface area contributed by atoms with Crippen molar-refractivity contribution in [2.24, 2.45) is 7.05 Å². The van der Waals surface area contributed by atoms with Gasteiger partial charge in [-0.05, 0) is 18.1 Å². The molecule has 8 nitrogen and oxygen atoms in total. The van der Waals surface area contributed by atoms with Crippen molar-refractivity contribution in [3.8, 4) is 5.75 Å². The monoisotopic (exact) mass is 415 g/mol. The largest absolute Gasteiger partial charge is 0.492 e. The van der Waals surface area contributed by atoms with Crippen LogP contribution in [0.5, 0.6) is 5.75 Å². The lowest BCUT2D eigenvalue weighted by atomic mass is 10.1. The van der Waals surface area contributed by atoms with E-state index in [0.29, 0.717) is 19.1 Å². The number of anilines is 2. The summed E-state index contributed by atoms with van der Waals surface area (Å²) < 4.78 is 13.3. The van der Waals surface area contributed by atoms with Crippen molar-refractivity contribution in [2.75, 3.05) is 49.7 Å². The fourth-order valence-electron chi connectivity index (χ4n) is 3.70. The van der Waals surface area contributed by atoms with Crippen LogP contribution in [0.15, 0.2) is 24.3 Å². The zero-order chi connectivity index (χ0) is 21.5. The number of aromatic nitrogens is 2. The zero-order valence-electron chi connectivity index (χ0n) is 18.4. The second-order valence-corrected chi connectivity index (χ2v) is 7.80. The number of morpholine rings is 1. The smallest absolute Gasteiger partial charge is 0.221 e. The number of hydrogen-bond donors (Lipinski definition) is 2. The first-order valence-corrected chi connectivity index (χ1v) is 10.6. The van der Waals surface area contributed by atoms with E-state index in [9.17, 15) is 4.79 Å². The minimum atomic E-state index is -0.0951. The van der Waals surface area contributed by atoms with Gasteiger partial charge in [-0.2, -0.15) is 5.10 Å². The van der Waals surface area contributed by atoms with Gasteiger partial charge in [-0.15, -0.1) is 0 Å². The molecule has 0 radical (unpaired) electrons. The number of carbonyl (C=O) groups excluding carboxylic acids is 1. The molecule has 2 N–H and O–H groups in total. The van der Waals surface area contributed by atoms with Crippen LogP contribution < -0.4 is 20.3 Å². The lowest BCUT2D eigenvalue weighted by molar-refractivity contribution is -0.114. The van der Waals surface area contributed by atoms with Crippen LogP contribution in [-0.2, 0) is 23.1 Å².